The molecule has 0 amide bonds. The third-order valence-electron chi connectivity index (χ3n) is 5.52. The molecule has 0 aliphatic carbocycles. The topological polar surface area (TPSA) is 81.9 Å². The van der Waals surface area contributed by atoms with Crippen LogP contribution in [0, 0.1) is 12.7 Å². The SMILES string of the molecule is COc1cc(-c2sc3[nH]c(=O)n(-c4ccc(F)cc4)c(=O)c3c2C(F)F)ccc1-n1cnc(C)c1. The number of fused-ring (bicyclic) bond motifs is 1. The fraction of sp³-hybridized carbons (Fsp3) is 0.125. The Morgan fingerprint density at radius 2 is 1.86 bits per heavy atom. The number of hydrogen-bond acceptors (Lipinski definition) is 5. The van der Waals surface area contributed by atoms with Crippen molar-refractivity contribution in [1.82, 2.24) is 19.1 Å². The van der Waals surface area contributed by atoms with Crippen LogP contribution in [-0.4, -0.2) is 26.2 Å². The Bertz CT molecular complexity index is 1680. The molecule has 11 heteroatoms. The number of benzene rings is 2. The van der Waals surface area contributed by atoms with E-state index >= 15 is 0 Å². The Morgan fingerprint density at radius 3 is 2.49 bits per heavy atom. The highest BCUT2D eigenvalue weighted by molar-refractivity contribution is 7.22. The summed E-state index contributed by atoms with van der Waals surface area (Å²) in [6.45, 7) is 1.84. The lowest BCUT2D eigenvalue weighted by Crippen LogP contribution is -2.33. The number of halogens is 3. The number of thiophene rings is 1. The predicted molar refractivity (Wildman–Crippen MR) is 127 cm³/mol. The summed E-state index contributed by atoms with van der Waals surface area (Å²) in [7, 11) is 1.46. The third kappa shape index (κ3) is 3.83. The zero-order valence-corrected chi connectivity index (χ0v) is 19.2. The quantitative estimate of drug-likeness (QED) is 0.370. The molecule has 0 aliphatic rings. The Hall–Kier alpha value is -4.12. The summed E-state index contributed by atoms with van der Waals surface area (Å²) >= 11 is 0.881. The number of methoxy groups -OCH3 is 1. The summed E-state index contributed by atoms with van der Waals surface area (Å²) in [5, 5.41) is -0.294. The van der Waals surface area contributed by atoms with Crippen molar-refractivity contribution in [3.63, 3.8) is 0 Å². The number of rotatable bonds is 5. The first-order valence-corrected chi connectivity index (χ1v) is 11.2. The van der Waals surface area contributed by atoms with Crippen LogP contribution in [0.1, 0.15) is 17.7 Å². The summed E-state index contributed by atoms with van der Waals surface area (Å²) < 4.78 is 50.0. The number of nitrogens with zero attached hydrogens (tertiary/aromatic N) is 3. The number of ether oxygens (including phenoxy) is 1. The largest absolute Gasteiger partial charge is 0.495 e. The van der Waals surface area contributed by atoms with Gasteiger partial charge < -0.3 is 9.30 Å². The standard InChI is InChI=1S/C24H17F3N4O3S/c1-12-10-30(11-28-12)16-8-3-13(9-17(16)34-2)20-18(21(26)27)19-22(35-20)29-24(33)31(23(19)32)15-6-4-14(25)5-7-15/h3-11,21H,1-2H3,(H,29,33). The van der Waals surface area contributed by atoms with Crippen molar-refractivity contribution in [2.45, 2.75) is 13.3 Å². The normalized spacial score (nSPS) is 11.5. The van der Waals surface area contributed by atoms with Gasteiger partial charge in [-0.3, -0.25) is 9.78 Å². The van der Waals surface area contributed by atoms with E-state index in [1.165, 1.54) is 19.2 Å². The van der Waals surface area contributed by atoms with Crippen LogP contribution >= 0.6 is 11.3 Å². The third-order valence-corrected chi connectivity index (χ3v) is 6.69. The molecular formula is C24H17F3N4O3S. The monoisotopic (exact) mass is 498 g/mol. The van der Waals surface area contributed by atoms with Crippen LogP contribution in [-0.2, 0) is 0 Å². The number of aromatic amines is 1. The Morgan fingerprint density at radius 1 is 1.11 bits per heavy atom. The van der Waals surface area contributed by atoms with Gasteiger partial charge in [0.2, 0.25) is 0 Å². The van der Waals surface area contributed by atoms with E-state index in [0.717, 1.165) is 33.7 Å². The number of nitrogens with one attached hydrogen (secondary N) is 1. The minimum atomic E-state index is -3.00. The number of aryl methyl sites for hydroxylation is 1. The molecule has 0 saturated heterocycles. The Labute approximate surface area is 199 Å². The number of alkyl halides is 2. The lowest BCUT2D eigenvalue weighted by molar-refractivity contribution is 0.154. The van der Waals surface area contributed by atoms with Gasteiger partial charge in [-0.2, -0.15) is 0 Å². The second-order valence-corrected chi connectivity index (χ2v) is 8.73. The minimum Gasteiger partial charge on any atom is -0.495 e. The zero-order valence-electron chi connectivity index (χ0n) is 18.4. The first-order chi connectivity index (χ1) is 16.8. The summed E-state index contributed by atoms with van der Waals surface area (Å²) in [6.07, 6.45) is 0.407. The predicted octanol–water partition coefficient (Wildman–Crippen LogP) is 4.99. The van der Waals surface area contributed by atoms with Crippen molar-refractivity contribution in [3.8, 4) is 27.6 Å². The summed E-state index contributed by atoms with van der Waals surface area (Å²) in [4.78, 5) is 32.8. The van der Waals surface area contributed by atoms with Crippen molar-refractivity contribution >= 4 is 21.6 Å². The first-order valence-electron chi connectivity index (χ1n) is 10.3. The lowest BCUT2D eigenvalue weighted by Gasteiger charge is -2.12. The van der Waals surface area contributed by atoms with Crippen LogP contribution in [0.15, 0.2) is 64.6 Å². The van der Waals surface area contributed by atoms with E-state index < -0.39 is 29.1 Å². The highest BCUT2D eigenvalue weighted by atomic mass is 32.1. The van der Waals surface area contributed by atoms with Crippen LogP contribution < -0.4 is 16.0 Å². The number of aromatic nitrogens is 4. The first kappa shape index (κ1) is 22.7. The van der Waals surface area contributed by atoms with Gasteiger partial charge in [0, 0.05) is 11.1 Å². The maximum Gasteiger partial charge on any atom is 0.334 e. The second kappa shape index (κ2) is 8.58. The van der Waals surface area contributed by atoms with Gasteiger partial charge in [0.05, 0.1) is 41.5 Å². The van der Waals surface area contributed by atoms with Gasteiger partial charge in [-0.25, -0.2) is 27.5 Å². The van der Waals surface area contributed by atoms with Crippen LogP contribution in [0.3, 0.4) is 0 Å². The van der Waals surface area contributed by atoms with Gasteiger partial charge in [-0.15, -0.1) is 11.3 Å². The van der Waals surface area contributed by atoms with Crippen molar-refractivity contribution in [2.75, 3.05) is 7.11 Å². The zero-order chi connectivity index (χ0) is 24.9. The maximum atomic E-state index is 14.3. The molecule has 0 fully saturated rings. The maximum absolute atomic E-state index is 14.3. The number of H-pyrrole nitrogens is 1. The van der Waals surface area contributed by atoms with Crippen LogP contribution in [0.2, 0.25) is 0 Å². The molecule has 0 aliphatic heterocycles. The Balaban J connectivity index is 1.74. The molecule has 5 aromatic rings. The van der Waals surface area contributed by atoms with E-state index in [-0.39, 0.29) is 20.8 Å². The molecule has 1 N–H and O–H groups in total. The van der Waals surface area contributed by atoms with Gasteiger partial charge in [-0.1, -0.05) is 6.07 Å². The van der Waals surface area contributed by atoms with Gasteiger partial charge in [0.1, 0.15) is 16.4 Å². The average Bonchev–Trinajstić information content (AvgIpc) is 3.43. The van der Waals surface area contributed by atoms with Crippen LogP contribution in [0.25, 0.3) is 32.0 Å². The van der Waals surface area contributed by atoms with Crippen molar-refractivity contribution in [1.29, 1.82) is 0 Å². The number of imidazole rings is 1. The molecule has 3 heterocycles. The van der Waals surface area contributed by atoms with Crippen LogP contribution in [0.5, 0.6) is 5.75 Å². The van der Waals surface area contributed by atoms with Crippen molar-refractivity contribution < 1.29 is 17.9 Å². The molecule has 0 atom stereocenters. The molecule has 178 valence electrons. The van der Waals surface area contributed by atoms with Gasteiger partial charge in [-0.05, 0) is 48.9 Å². The van der Waals surface area contributed by atoms with Gasteiger partial charge in [0.15, 0.2) is 0 Å². The van der Waals surface area contributed by atoms with E-state index in [0.29, 0.717) is 17.0 Å². The van der Waals surface area contributed by atoms with Crippen molar-refractivity contribution in [2.24, 2.45) is 0 Å². The minimum absolute atomic E-state index is 0.0249. The number of hydrogen-bond donors (Lipinski definition) is 1. The summed E-state index contributed by atoms with van der Waals surface area (Å²) in [5.41, 5.74) is -0.306. The molecule has 2 aromatic carbocycles. The molecule has 0 radical (unpaired) electrons. The highest BCUT2D eigenvalue weighted by Crippen LogP contribution is 2.43. The fourth-order valence-corrected chi connectivity index (χ4v) is 5.12. The van der Waals surface area contributed by atoms with E-state index in [1.807, 2.05) is 6.92 Å². The molecular weight excluding hydrogens is 481 g/mol. The summed E-state index contributed by atoms with van der Waals surface area (Å²) in [6, 6.07) is 9.55. The van der Waals surface area contributed by atoms with Crippen molar-refractivity contribution in [3.05, 3.63) is 92.9 Å². The Kier molecular flexibility index (Phi) is 5.56. The lowest BCUT2D eigenvalue weighted by atomic mass is 10.1. The molecule has 0 saturated carbocycles. The smallest absolute Gasteiger partial charge is 0.334 e. The van der Waals surface area contributed by atoms with E-state index in [9.17, 15) is 22.8 Å². The molecule has 5 rings (SSSR count). The van der Waals surface area contributed by atoms with E-state index in [1.54, 1.807) is 35.3 Å². The van der Waals surface area contributed by atoms with Gasteiger partial charge in [0.25, 0.3) is 12.0 Å². The van der Waals surface area contributed by atoms with Crippen LogP contribution in [0.4, 0.5) is 13.2 Å². The molecule has 0 unspecified atom stereocenters. The average molecular weight is 498 g/mol. The summed E-state index contributed by atoms with van der Waals surface area (Å²) in [5.74, 6) is -0.150. The second-order valence-electron chi connectivity index (χ2n) is 7.71. The molecule has 3 aromatic heterocycles. The van der Waals surface area contributed by atoms with E-state index in [4.69, 9.17) is 4.74 Å². The molecule has 0 spiro atoms. The molecule has 7 nitrogen and oxygen atoms in total. The molecule has 35 heavy (non-hydrogen) atoms. The highest BCUT2D eigenvalue weighted by Gasteiger charge is 2.26. The molecule has 0 bridgehead atoms. The van der Waals surface area contributed by atoms with Gasteiger partial charge >= 0.3 is 5.69 Å². The fourth-order valence-electron chi connectivity index (χ4n) is 3.93. The van der Waals surface area contributed by atoms with E-state index in [2.05, 4.69) is 9.97 Å².